The molecule has 0 atom stereocenters. The molecule has 2 nitrogen and oxygen atoms in total. The lowest BCUT2D eigenvalue weighted by molar-refractivity contribution is -0.149. The summed E-state index contributed by atoms with van der Waals surface area (Å²) in [5.41, 5.74) is 0.392. The van der Waals surface area contributed by atoms with Gasteiger partial charge in [-0.3, -0.25) is 4.79 Å². The molecule has 1 rings (SSSR count). The van der Waals surface area contributed by atoms with Gasteiger partial charge >= 0.3 is 5.97 Å². The first-order valence-corrected chi connectivity index (χ1v) is 5.92. The summed E-state index contributed by atoms with van der Waals surface area (Å²) >= 11 is 0. The average molecular weight is 232 g/mol. The van der Waals surface area contributed by atoms with Gasteiger partial charge in [-0.1, -0.05) is 36.4 Å². The SMILES string of the molecule is C=CCCCOC(=O)C(C)(C)c1ccccc1. The molecule has 1 aromatic rings. The van der Waals surface area contributed by atoms with E-state index in [9.17, 15) is 4.79 Å². The quantitative estimate of drug-likeness (QED) is 0.426. The number of carbonyl (C=O) groups excluding carboxylic acids is 1. The molecule has 0 aliphatic carbocycles. The van der Waals surface area contributed by atoms with Crippen LogP contribution >= 0.6 is 0 Å². The van der Waals surface area contributed by atoms with Crippen LogP contribution in [0.2, 0.25) is 0 Å². The van der Waals surface area contributed by atoms with E-state index in [4.69, 9.17) is 4.74 Å². The monoisotopic (exact) mass is 232 g/mol. The van der Waals surface area contributed by atoms with Crippen molar-refractivity contribution in [2.45, 2.75) is 32.1 Å². The number of benzene rings is 1. The third kappa shape index (κ3) is 3.74. The van der Waals surface area contributed by atoms with Gasteiger partial charge in [0, 0.05) is 0 Å². The number of esters is 1. The third-order valence-corrected chi connectivity index (χ3v) is 2.79. The van der Waals surface area contributed by atoms with Crippen molar-refractivity contribution in [3.63, 3.8) is 0 Å². The Morgan fingerprint density at radius 2 is 2.00 bits per heavy atom. The van der Waals surface area contributed by atoms with Crippen molar-refractivity contribution in [2.75, 3.05) is 6.61 Å². The molecule has 0 aliphatic heterocycles. The van der Waals surface area contributed by atoms with Crippen molar-refractivity contribution in [3.8, 4) is 0 Å². The summed E-state index contributed by atoms with van der Waals surface area (Å²) in [4.78, 5) is 12.0. The van der Waals surface area contributed by atoms with Crippen molar-refractivity contribution in [3.05, 3.63) is 48.6 Å². The number of hydrogen-bond donors (Lipinski definition) is 0. The van der Waals surface area contributed by atoms with Crippen LogP contribution < -0.4 is 0 Å². The van der Waals surface area contributed by atoms with Crippen molar-refractivity contribution >= 4 is 5.97 Å². The highest BCUT2D eigenvalue weighted by atomic mass is 16.5. The van der Waals surface area contributed by atoms with Crippen LogP contribution in [0.3, 0.4) is 0 Å². The Bertz CT molecular complexity index is 366. The fourth-order valence-corrected chi connectivity index (χ4v) is 1.55. The number of rotatable bonds is 6. The van der Waals surface area contributed by atoms with E-state index in [0.717, 1.165) is 18.4 Å². The van der Waals surface area contributed by atoms with E-state index in [1.165, 1.54) is 0 Å². The predicted molar refractivity (Wildman–Crippen MR) is 69.9 cm³/mol. The van der Waals surface area contributed by atoms with E-state index in [-0.39, 0.29) is 5.97 Å². The first-order valence-electron chi connectivity index (χ1n) is 5.92. The summed E-state index contributed by atoms with van der Waals surface area (Å²) in [7, 11) is 0. The van der Waals surface area contributed by atoms with Gasteiger partial charge in [-0.25, -0.2) is 0 Å². The average Bonchev–Trinajstić information content (AvgIpc) is 2.35. The third-order valence-electron chi connectivity index (χ3n) is 2.79. The highest BCUT2D eigenvalue weighted by Crippen LogP contribution is 2.24. The molecule has 0 heterocycles. The molecule has 1 aromatic carbocycles. The number of allylic oxidation sites excluding steroid dienone is 1. The Kier molecular flexibility index (Phi) is 4.95. The first-order chi connectivity index (χ1) is 8.09. The molecule has 92 valence electrons. The molecule has 0 amide bonds. The van der Waals surface area contributed by atoms with E-state index in [0.29, 0.717) is 6.61 Å². The lowest BCUT2D eigenvalue weighted by Gasteiger charge is -2.23. The summed E-state index contributed by atoms with van der Waals surface area (Å²) in [5.74, 6) is -0.173. The van der Waals surface area contributed by atoms with Gasteiger partial charge in [-0.2, -0.15) is 0 Å². The fraction of sp³-hybridized carbons (Fsp3) is 0.400. The van der Waals surface area contributed by atoms with Gasteiger partial charge in [0.15, 0.2) is 0 Å². The zero-order valence-electron chi connectivity index (χ0n) is 10.6. The van der Waals surface area contributed by atoms with Crippen LogP contribution in [0.25, 0.3) is 0 Å². The Morgan fingerprint density at radius 3 is 2.59 bits per heavy atom. The van der Waals surface area contributed by atoms with E-state index in [1.54, 1.807) is 0 Å². The Hall–Kier alpha value is -1.57. The van der Waals surface area contributed by atoms with Crippen LogP contribution in [0.1, 0.15) is 32.3 Å². The molecule has 0 fully saturated rings. The van der Waals surface area contributed by atoms with Crippen molar-refractivity contribution in [2.24, 2.45) is 0 Å². The summed E-state index contributed by atoms with van der Waals surface area (Å²) in [6.07, 6.45) is 3.54. The maximum Gasteiger partial charge on any atom is 0.315 e. The fourth-order valence-electron chi connectivity index (χ4n) is 1.55. The predicted octanol–water partition coefficient (Wildman–Crippen LogP) is 3.47. The standard InChI is InChI=1S/C15H20O2/c1-4-5-9-12-17-14(16)15(2,3)13-10-7-6-8-11-13/h4,6-8,10-11H,1,5,9,12H2,2-3H3. The van der Waals surface area contributed by atoms with Crippen molar-refractivity contribution < 1.29 is 9.53 Å². The molecule has 17 heavy (non-hydrogen) atoms. The minimum Gasteiger partial charge on any atom is -0.465 e. The lowest BCUT2D eigenvalue weighted by atomic mass is 9.85. The van der Waals surface area contributed by atoms with Crippen LogP contribution in [-0.2, 0) is 14.9 Å². The molecule has 0 bridgehead atoms. The highest BCUT2D eigenvalue weighted by Gasteiger charge is 2.30. The maximum atomic E-state index is 12.0. The van der Waals surface area contributed by atoms with Crippen molar-refractivity contribution in [1.82, 2.24) is 0 Å². The molecule has 0 N–H and O–H groups in total. The molecule has 0 aromatic heterocycles. The van der Waals surface area contributed by atoms with E-state index in [2.05, 4.69) is 6.58 Å². The molecule has 0 unspecified atom stereocenters. The van der Waals surface area contributed by atoms with Gasteiger partial charge in [0.05, 0.1) is 12.0 Å². The second-order valence-electron chi connectivity index (χ2n) is 4.56. The van der Waals surface area contributed by atoms with E-state index < -0.39 is 5.41 Å². The van der Waals surface area contributed by atoms with Crippen LogP contribution in [0.5, 0.6) is 0 Å². The van der Waals surface area contributed by atoms with Crippen LogP contribution in [-0.4, -0.2) is 12.6 Å². The summed E-state index contributed by atoms with van der Waals surface area (Å²) < 4.78 is 5.28. The lowest BCUT2D eigenvalue weighted by Crippen LogP contribution is -2.31. The van der Waals surface area contributed by atoms with Crippen molar-refractivity contribution in [1.29, 1.82) is 0 Å². The van der Waals surface area contributed by atoms with Crippen LogP contribution in [0.15, 0.2) is 43.0 Å². The molecule has 2 heteroatoms. The Labute approximate surface area is 103 Å². The second kappa shape index (κ2) is 6.24. The van der Waals surface area contributed by atoms with E-state index >= 15 is 0 Å². The Balaban J connectivity index is 2.58. The zero-order chi connectivity index (χ0) is 12.7. The minimum absolute atomic E-state index is 0.173. The summed E-state index contributed by atoms with van der Waals surface area (Å²) in [6.45, 7) is 7.87. The smallest absolute Gasteiger partial charge is 0.315 e. The molecule has 0 aliphatic rings. The first kappa shape index (κ1) is 13.5. The summed E-state index contributed by atoms with van der Waals surface area (Å²) in [5, 5.41) is 0. The number of ether oxygens (including phenoxy) is 1. The summed E-state index contributed by atoms with van der Waals surface area (Å²) in [6, 6.07) is 9.70. The van der Waals surface area contributed by atoms with Gasteiger partial charge in [0.1, 0.15) is 0 Å². The van der Waals surface area contributed by atoms with Gasteiger partial charge in [-0.15, -0.1) is 6.58 Å². The highest BCUT2D eigenvalue weighted by molar-refractivity contribution is 5.82. The van der Waals surface area contributed by atoms with Gasteiger partial charge in [0.2, 0.25) is 0 Å². The van der Waals surface area contributed by atoms with Gasteiger partial charge in [-0.05, 0) is 32.3 Å². The Morgan fingerprint density at radius 1 is 1.35 bits per heavy atom. The molecular weight excluding hydrogens is 212 g/mol. The molecule has 0 spiro atoms. The molecule has 0 saturated heterocycles. The minimum atomic E-state index is -0.588. The van der Waals surface area contributed by atoms with E-state index in [1.807, 2.05) is 50.3 Å². The number of hydrogen-bond acceptors (Lipinski definition) is 2. The second-order valence-corrected chi connectivity index (χ2v) is 4.56. The van der Waals surface area contributed by atoms with Crippen LogP contribution in [0.4, 0.5) is 0 Å². The molecule has 0 saturated carbocycles. The number of carbonyl (C=O) groups is 1. The van der Waals surface area contributed by atoms with Gasteiger partial charge < -0.3 is 4.74 Å². The molecular formula is C15H20O2. The normalized spacial score (nSPS) is 10.9. The topological polar surface area (TPSA) is 26.3 Å². The number of unbranched alkanes of at least 4 members (excludes halogenated alkanes) is 1. The largest absolute Gasteiger partial charge is 0.465 e. The van der Waals surface area contributed by atoms with Gasteiger partial charge in [0.25, 0.3) is 0 Å². The zero-order valence-corrected chi connectivity index (χ0v) is 10.6. The van der Waals surface area contributed by atoms with Crippen LogP contribution in [0, 0.1) is 0 Å². The molecule has 0 radical (unpaired) electrons. The maximum absolute atomic E-state index is 12.0.